The van der Waals surface area contributed by atoms with E-state index in [1.54, 1.807) is 6.26 Å². The smallest absolute Gasteiger partial charge is 0.237 e. The van der Waals surface area contributed by atoms with Crippen molar-refractivity contribution in [2.24, 2.45) is 0 Å². The zero-order valence-corrected chi connectivity index (χ0v) is 11.7. The number of amides is 1. The molecule has 1 saturated heterocycles. The Bertz CT molecular complexity index is 385. The molecule has 0 aromatic carbocycles. The molecule has 0 saturated carbocycles. The lowest BCUT2D eigenvalue weighted by molar-refractivity contribution is -0.126. The summed E-state index contributed by atoms with van der Waals surface area (Å²) in [5, 5.41) is 6.29. The molecule has 2 unspecified atom stereocenters. The fourth-order valence-corrected chi connectivity index (χ4v) is 2.42. The average molecular weight is 265 g/mol. The summed E-state index contributed by atoms with van der Waals surface area (Å²) in [5.74, 6) is 0.826. The van der Waals surface area contributed by atoms with E-state index in [2.05, 4.69) is 15.5 Å². The number of hydrogen-bond donors (Lipinski definition) is 2. The molecule has 1 aromatic rings. The quantitative estimate of drug-likeness (QED) is 0.833. The first-order valence-electron chi connectivity index (χ1n) is 6.91. The molecule has 2 atom stereocenters. The van der Waals surface area contributed by atoms with Gasteiger partial charge in [-0.1, -0.05) is 0 Å². The minimum Gasteiger partial charge on any atom is -0.467 e. The van der Waals surface area contributed by atoms with Crippen LogP contribution in [-0.4, -0.2) is 43.0 Å². The van der Waals surface area contributed by atoms with Gasteiger partial charge >= 0.3 is 0 Å². The maximum absolute atomic E-state index is 12.1. The molecule has 1 aliphatic heterocycles. The van der Waals surface area contributed by atoms with E-state index < -0.39 is 0 Å². The second kappa shape index (κ2) is 6.73. The van der Waals surface area contributed by atoms with E-state index in [0.717, 1.165) is 25.3 Å². The van der Waals surface area contributed by atoms with E-state index in [0.29, 0.717) is 12.6 Å². The third-order valence-corrected chi connectivity index (χ3v) is 3.85. The number of furan rings is 1. The van der Waals surface area contributed by atoms with Crippen molar-refractivity contribution in [2.75, 3.05) is 20.1 Å². The van der Waals surface area contributed by atoms with E-state index in [-0.39, 0.29) is 11.9 Å². The molecule has 2 heterocycles. The van der Waals surface area contributed by atoms with Crippen LogP contribution in [0, 0.1) is 0 Å². The third kappa shape index (κ3) is 3.81. The van der Waals surface area contributed by atoms with Gasteiger partial charge in [0.25, 0.3) is 0 Å². The van der Waals surface area contributed by atoms with Crippen molar-refractivity contribution in [1.82, 2.24) is 15.5 Å². The van der Waals surface area contributed by atoms with E-state index in [4.69, 9.17) is 4.42 Å². The summed E-state index contributed by atoms with van der Waals surface area (Å²) in [6.07, 6.45) is 3.94. The summed E-state index contributed by atoms with van der Waals surface area (Å²) >= 11 is 0. The third-order valence-electron chi connectivity index (χ3n) is 3.85. The molecule has 2 N–H and O–H groups in total. The lowest BCUT2D eigenvalue weighted by Crippen LogP contribution is -2.52. The molecule has 5 heteroatoms. The number of likely N-dealkylation sites (N-methyl/N-ethyl adjacent to an activating group) is 1. The van der Waals surface area contributed by atoms with Crippen LogP contribution in [0.15, 0.2) is 22.8 Å². The van der Waals surface area contributed by atoms with Gasteiger partial charge in [-0.15, -0.1) is 0 Å². The van der Waals surface area contributed by atoms with Gasteiger partial charge in [0.15, 0.2) is 0 Å². The van der Waals surface area contributed by atoms with Crippen LogP contribution in [0.2, 0.25) is 0 Å². The highest BCUT2D eigenvalue weighted by atomic mass is 16.3. The topological polar surface area (TPSA) is 57.5 Å². The summed E-state index contributed by atoms with van der Waals surface area (Å²) in [4.78, 5) is 14.3. The predicted molar refractivity (Wildman–Crippen MR) is 73.7 cm³/mol. The molecule has 0 radical (unpaired) electrons. The van der Waals surface area contributed by atoms with Crippen LogP contribution >= 0.6 is 0 Å². The van der Waals surface area contributed by atoms with E-state index >= 15 is 0 Å². The lowest BCUT2D eigenvalue weighted by Gasteiger charge is -2.35. The number of nitrogens with zero attached hydrogens (tertiary/aromatic N) is 1. The summed E-state index contributed by atoms with van der Waals surface area (Å²) in [6, 6.07) is 4.00. The van der Waals surface area contributed by atoms with E-state index in [1.165, 1.54) is 6.42 Å². The van der Waals surface area contributed by atoms with Crippen LogP contribution in [0.1, 0.15) is 25.5 Å². The molecule has 1 amide bonds. The fraction of sp³-hybridized carbons (Fsp3) is 0.643. The maximum atomic E-state index is 12.1. The van der Waals surface area contributed by atoms with Crippen molar-refractivity contribution in [1.29, 1.82) is 0 Å². The Kier molecular flexibility index (Phi) is 4.99. The van der Waals surface area contributed by atoms with Gasteiger partial charge in [-0.3, -0.25) is 9.69 Å². The lowest BCUT2D eigenvalue weighted by atomic mass is 10.0. The Hall–Kier alpha value is -1.33. The fourth-order valence-electron chi connectivity index (χ4n) is 2.42. The van der Waals surface area contributed by atoms with E-state index in [9.17, 15) is 4.79 Å². The highest BCUT2D eigenvalue weighted by Crippen LogP contribution is 2.11. The van der Waals surface area contributed by atoms with Crippen LogP contribution in [0.4, 0.5) is 0 Å². The Labute approximate surface area is 114 Å². The van der Waals surface area contributed by atoms with Crippen molar-refractivity contribution in [3.8, 4) is 0 Å². The van der Waals surface area contributed by atoms with Gasteiger partial charge in [0, 0.05) is 12.6 Å². The first kappa shape index (κ1) is 14.1. The van der Waals surface area contributed by atoms with Crippen molar-refractivity contribution in [3.05, 3.63) is 24.2 Å². The molecule has 19 heavy (non-hydrogen) atoms. The normalized spacial score (nSPS) is 21.3. The average Bonchev–Trinajstić information content (AvgIpc) is 2.97. The molecular formula is C14H23N3O2. The summed E-state index contributed by atoms with van der Waals surface area (Å²) in [7, 11) is 2.02. The van der Waals surface area contributed by atoms with Crippen molar-refractivity contribution in [3.63, 3.8) is 0 Å². The van der Waals surface area contributed by atoms with Gasteiger partial charge in [0.2, 0.25) is 5.91 Å². The van der Waals surface area contributed by atoms with Gasteiger partial charge in [-0.05, 0) is 45.5 Å². The largest absolute Gasteiger partial charge is 0.467 e. The second-order valence-corrected chi connectivity index (χ2v) is 5.14. The molecular weight excluding hydrogens is 242 g/mol. The van der Waals surface area contributed by atoms with Gasteiger partial charge in [-0.25, -0.2) is 0 Å². The van der Waals surface area contributed by atoms with Crippen LogP contribution in [0.25, 0.3) is 0 Å². The van der Waals surface area contributed by atoms with Crippen LogP contribution in [0.5, 0.6) is 0 Å². The zero-order valence-electron chi connectivity index (χ0n) is 11.7. The summed E-state index contributed by atoms with van der Waals surface area (Å²) < 4.78 is 5.20. The number of nitrogens with one attached hydrogen (secondary N) is 2. The number of carbonyl (C=O) groups excluding carboxylic acids is 1. The monoisotopic (exact) mass is 265 g/mol. The minimum atomic E-state index is -0.125. The minimum absolute atomic E-state index is 0.0458. The molecule has 5 nitrogen and oxygen atoms in total. The molecule has 0 bridgehead atoms. The maximum Gasteiger partial charge on any atom is 0.237 e. The van der Waals surface area contributed by atoms with Crippen molar-refractivity contribution >= 4 is 5.91 Å². The standard InChI is InChI=1S/C14H23N3O2/c1-11(17(2)12-5-3-7-15-9-12)14(18)16-10-13-6-4-8-19-13/h4,6,8,11-12,15H,3,5,7,9-10H2,1-2H3,(H,16,18). The second-order valence-electron chi connectivity index (χ2n) is 5.14. The predicted octanol–water partition coefficient (Wildman–Crippen LogP) is 0.968. The van der Waals surface area contributed by atoms with Gasteiger partial charge < -0.3 is 15.1 Å². The molecule has 1 aliphatic rings. The van der Waals surface area contributed by atoms with Crippen molar-refractivity contribution < 1.29 is 9.21 Å². The molecule has 106 valence electrons. The SMILES string of the molecule is CC(C(=O)NCc1ccco1)N(C)C1CCCNC1. The van der Waals surface area contributed by atoms with Gasteiger partial charge in [-0.2, -0.15) is 0 Å². The van der Waals surface area contributed by atoms with Crippen LogP contribution in [0.3, 0.4) is 0 Å². The summed E-state index contributed by atoms with van der Waals surface area (Å²) in [6.45, 7) is 4.45. The molecule has 2 rings (SSSR count). The number of hydrogen-bond acceptors (Lipinski definition) is 4. The van der Waals surface area contributed by atoms with Gasteiger partial charge in [0.05, 0.1) is 18.8 Å². The highest BCUT2D eigenvalue weighted by molar-refractivity contribution is 5.81. The first-order valence-corrected chi connectivity index (χ1v) is 6.91. The number of piperidine rings is 1. The Morgan fingerprint density at radius 3 is 3.16 bits per heavy atom. The molecule has 0 aliphatic carbocycles. The van der Waals surface area contributed by atoms with Crippen LogP contribution < -0.4 is 10.6 Å². The Morgan fingerprint density at radius 2 is 2.53 bits per heavy atom. The Morgan fingerprint density at radius 1 is 1.68 bits per heavy atom. The van der Waals surface area contributed by atoms with E-state index in [1.807, 2.05) is 26.1 Å². The highest BCUT2D eigenvalue weighted by Gasteiger charge is 2.25. The Balaban J connectivity index is 1.80. The summed E-state index contributed by atoms with van der Waals surface area (Å²) in [5.41, 5.74) is 0. The molecule has 0 spiro atoms. The zero-order chi connectivity index (χ0) is 13.7. The van der Waals surface area contributed by atoms with Gasteiger partial charge in [0.1, 0.15) is 5.76 Å². The number of rotatable bonds is 5. The van der Waals surface area contributed by atoms with Crippen molar-refractivity contribution in [2.45, 2.75) is 38.4 Å². The number of carbonyl (C=O) groups is 1. The van der Waals surface area contributed by atoms with Crippen LogP contribution in [-0.2, 0) is 11.3 Å². The first-order chi connectivity index (χ1) is 9.18. The molecule has 1 fully saturated rings. The molecule has 1 aromatic heterocycles.